The Morgan fingerprint density at radius 3 is 2.45 bits per heavy atom. The Kier molecular flexibility index (Phi) is 3.47. The molecule has 8 heteroatoms. The number of nitrogen functional groups attached to an aromatic ring is 1. The Hall–Kier alpha value is -3.16. The van der Waals surface area contributed by atoms with Crippen molar-refractivity contribution in [3.63, 3.8) is 0 Å². The number of rotatable bonds is 4. The number of carbonyl (C=O) groups is 1. The van der Waals surface area contributed by atoms with Gasteiger partial charge in [0.2, 0.25) is 11.8 Å². The highest BCUT2D eigenvalue weighted by atomic mass is 16.6. The molecule has 8 nitrogen and oxygen atoms in total. The third-order valence-electron chi connectivity index (χ3n) is 2.38. The summed E-state index contributed by atoms with van der Waals surface area (Å²) in [4.78, 5) is 24.8. The summed E-state index contributed by atoms with van der Waals surface area (Å²) < 4.78 is 5.34. The number of pyridine rings is 1. The Bertz CT molecular complexity index is 670. The lowest BCUT2D eigenvalue weighted by molar-refractivity contribution is -0.384. The predicted molar refractivity (Wildman–Crippen MR) is 70.3 cm³/mol. The van der Waals surface area contributed by atoms with Gasteiger partial charge in [0.05, 0.1) is 17.1 Å². The van der Waals surface area contributed by atoms with Crippen LogP contribution >= 0.6 is 0 Å². The lowest BCUT2D eigenvalue weighted by Crippen LogP contribution is -2.10. The highest BCUT2D eigenvalue weighted by Crippen LogP contribution is 2.25. The summed E-state index contributed by atoms with van der Waals surface area (Å²) in [6.07, 6.45) is 0. The predicted octanol–water partition coefficient (Wildman–Crippen LogP) is 1.46. The largest absolute Gasteiger partial charge is 0.439 e. The maximum Gasteiger partial charge on any atom is 0.278 e. The molecule has 1 aromatic heterocycles. The van der Waals surface area contributed by atoms with Crippen LogP contribution in [0.3, 0.4) is 0 Å². The quantitative estimate of drug-likeness (QED) is 0.640. The number of nitro groups is 1. The van der Waals surface area contributed by atoms with E-state index in [4.69, 9.17) is 16.2 Å². The molecule has 0 aliphatic heterocycles. The zero-order chi connectivity index (χ0) is 14.7. The van der Waals surface area contributed by atoms with Gasteiger partial charge in [-0.2, -0.15) is 4.98 Å². The molecule has 0 unspecified atom stereocenters. The van der Waals surface area contributed by atoms with Crippen LogP contribution in [0.4, 0.5) is 11.5 Å². The molecule has 0 saturated heterocycles. The Morgan fingerprint density at radius 2 is 1.90 bits per heavy atom. The first-order valence-corrected chi connectivity index (χ1v) is 5.45. The van der Waals surface area contributed by atoms with Crippen LogP contribution in [0.2, 0.25) is 0 Å². The van der Waals surface area contributed by atoms with Crippen LogP contribution in [-0.4, -0.2) is 15.8 Å². The van der Waals surface area contributed by atoms with Gasteiger partial charge in [-0.15, -0.1) is 0 Å². The van der Waals surface area contributed by atoms with E-state index in [1.807, 2.05) is 0 Å². The molecule has 0 aliphatic carbocycles. The topological polar surface area (TPSA) is 134 Å². The molecule has 0 saturated carbocycles. The van der Waals surface area contributed by atoms with Crippen LogP contribution in [-0.2, 0) is 0 Å². The first-order chi connectivity index (χ1) is 9.45. The number of aromatic nitrogens is 1. The third-order valence-corrected chi connectivity index (χ3v) is 2.38. The minimum Gasteiger partial charge on any atom is -0.439 e. The minimum absolute atomic E-state index is 0.0106. The average molecular weight is 274 g/mol. The molecule has 0 fully saturated rings. The molecule has 102 valence electrons. The monoisotopic (exact) mass is 274 g/mol. The second-order valence-corrected chi connectivity index (χ2v) is 3.84. The Labute approximate surface area is 113 Å². The second-order valence-electron chi connectivity index (χ2n) is 3.84. The molecule has 1 heterocycles. The Balaban J connectivity index is 2.25. The summed E-state index contributed by atoms with van der Waals surface area (Å²) in [7, 11) is 0. The lowest BCUT2D eigenvalue weighted by Gasteiger charge is -2.05. The maximum atomic E-state index is 10.9. The first kappa shape index (κ1) is 13.3. The fourth-order valence-corrected chi connectivity index (χ4v) is 1.48. The number of nitrogens with zero attached hydrogens (tertiary/aromatic N) is 2. The number of carbonyl (C=O) groups excluding carboxylic acids is 1. The van der Waals surface area contributed by atoms with Crippen molar-refractivity contribution in [3.8, 4) is 11.6 Å². The van der Waals surface area contributed by atoms with Gasteiger partial charge in [-0.3, -0.25) is 14.9 Å². The fraction of sp³-hybridized carbons (Fsp3) is 0. The number of hydrogen-bond acceptors (Lipinski definition) is 6. The van der Waals surface area contributed by atoms with E-state index in [-0.39, 0.29) is 17.4 Å². The molecule has 4 N–H and O–H groups in total. The first-order valence-electron chi connectivity index (χ1n) is 5.45. The zero-order valence-electron chi connectivity index (χ0n) is 10.1. The highest BCUT2D eigenvalue weighted by Gasteiger charge is 2.11. The van der Waals surface area contributed by atoms with Crippen molar-refractivity contribution < 1.29 is 14.5 Å². The third kappa shape index (κ3) is 2.99. The number of ether oxygens (including phenoxy) is 1. The van der Waals surface area contributed by atoms with Gasteiger partial charge in [-0.25, -0.2) is 0 Å². The van der Waals surface area contributed by atoms with Crippen molar-refractivity contribution in [2.24, 2.45) is 5.73 Å². The number of hydrogen-bond donors (Lipinski definition) is 2. The minimum atomic E-state index is -0.596. The summed E-state index contributed by atoms with van der Waals surface area (Å²) >= 11 is 0. The van der Waals surface area contributed by atoms with Crippen LogP contribution in [0.15, 0.2) is 36.4 Å². The smallest absolute Gasteiger partial charge is 0.278 e. The molecule has 0 spiro atoms. The van der Waals surface area contributed by atoms with Gasteiger partial charge in [0.15, 0.2) is 0 Å². The maximum absolute atomic E-state index is 10.9. The van der Waals surface area contributed by atoms with Gasteiger partial charge < -0.3 is 16.2 Å². The molecule has 1 amide bonds. The van der Waals surface area contributed by atoms with Gasteiger partial charge >= 0.3 is 0 Å². The average Bonchev–Trinajstić information content (AvgIpc) is 2.38. The van der Waals surface area contributed by atoms with Crippen molar-refractivity contribution >= 4 is 17.4 Å². The van der Waals surface area contributed by atoms with E-state index in [2.05, 4.69) is 4.98 Å². The van der Waals surface area contributed by atoms with E-state index >= 15 is 0 Å². The van der Waals surface area contributed by atoms with E-state index in [1.54, 1.807) is 0 Å². The second kappa shape index (κ2) is 5.22. The number of amides is 1. The molecular formula is C12H10N4O4. The number of benzene rings is 1. The summed E-state index contributed by atoms with van der Waals surface area (Å²) in [5.41, 5.74) is 10.7. The molecule has 0 radical (unpaired) electrons. The van der Waals surface area contributed by atoms with Crippen LogP contribution in [0.25, 0.3) is 0 Å². The molecule has 0 aliphatic rings. The van der Waals surface area contributed by atoms with Crippen molar-refractivity contribution in [2.45, 2.75) is 0 Å². The van der Waals surface area contributed by atoms with Crippen molar-refractivity contribution in [1.82, 2.24) is 4.98 Å². The van der Waals surface area contributed by atoms with E-state index in [1.165, 1.54) is 24.3 Å². The van der Waals surface area contributed by atoms with Crippen LogP contribution in [0.5, 0.6) is 11.6 Å². The SMILES string of the molecule is NC(=O)c1ccc(Oc2cc([N+](=O)[O-])cc(N)n2)cc1. The van der Waals surface area contributed by atoms with Gasteiger partial charge in [0.25, 0.3) is 5.69 Å². The van der Waals surface area contributed by atoms with E-state index in [0.29, 0.717) is 11.3 Å². The molecule has 2 rings (SSSR count). The van der Waals surface area contributed by atoms with Gasteiger partial charge in [-0.1, -0.05) is 0 Å². The van der Waals surface area contributed by atoms with Crippen molar-refractivity contribution in [1.29, 1.82) is 0 Å². The van der Waals surface area contributed by atoms with Crippen LogP contribution < -0.4 is 16.2 Å². The molecule has 20 heavy (non-hydrogen) atoms. The summed E-state index contributed by atoms with van der Waals surface area (Å²) in [5, 5.41) is 10.7. The molecule has 2 aromatic rings. The van der Waals surface area contributed by atoms with Crippen LogP contribution in [0, 0.1) is 10.1 Å². The van der Waals surface area contributed by atoms with Crippen LogP contribution in [0.1, 0.15) is 10.4 Å². The summed E-state index contributed by atoms with van der Waals surface area (Å²) in [6, 6.07) is 8.21. The van der Waals surface area contributed by atoms with E-state index in [0.717, 1.165) is 12.1 Å². The van der Waals surface area contributed by atoms with Crippen molar-refractivity contribution in [2.75, 3.05) is 5.73 Å². The molecule has 0 atom stereocenters. The highest BCUT2D eigenvalue weighted by molar-refractivity contribution is 5.92. The van der Waals surface area contributed by atoms with Crippen molar-refractivity contribution in [3.05, 3.63) is 52.1 Å². The van der Waals surface area contributed by atoms with E-state index in [9.17, 15) is 14.9 Å². The molecular weight excluding hydrogens is 264 g/mol. The van der Waals surface area contributed by atoms with Gasteiger partial charge in [0.1, 0.15) is 11.6 Å². The molecule has 0 bridgehead atoms. The standard InChI is InChI=1S/C12H10N4O4/c13-10-5-8(16(18)19)6-11(15-10)20-9-3-1-7(2-4-9)12(14)17/h1-6H,(H2,13,15)(H2,14,17). The summed E-state index contributed by atoms with van der Waals surface area (Å²) in [6.45, 7) is 0. The molecule has 1 aromatic carbocycles. The number of anilines is 1. The number of nitrogens with two attached hydrogens (primary N) is 2. The lowest BCUT2D eigenvalue weighted by atomic mass is 10.2. The van der Waals surface area contributed by atoms with Gasteiger partial charge in [-0.05, 0) is 24.3 Å². The normalized spacial score (nSPS) is 10.0. The number of primary amides is 1. The van der Waals surface area contributed by atoms with Gasteiger partial charge in [0, 0.05) is 5.56 Å². The van der Waals surface area contributed by atoms with E-state index < -0.39 is 10.8 Å². The summed E-state index contributed by atoms with van der Waals surface area (Å²) in [5.74, 6) is -0.247. The zero-order valence-corrected chi connectivity index (χ0v) is 10.1. The Morgan fingerprint density at radius 1 is 1.25 bits per heavy atom. The fourth-order valence-electron chi connectivity index (χ4n) is 1.48.